The van der Waals surface area contributed by atoms with Gasteiger partial charge in [0.2, 0.25) is 0 Å². The third-order valence-electron chi connectivity index (χ3n) is 2.43. The first-order valence-corrected chi connectivity index (χ1v) is 5.34. The molecule has 0 saturated carbocycles. The summed E-state index contributed by atoms with van der Waals surface area (Å²) < 4.78 is 50.4. The second kappa shape index (κ2) is 5.87. The highest BCUT2D eigenvalue weighted by atomic mass is 19.4. The van der Waals surface area contributed by atoms with Crippen LogP contribution in [0.2, 0.25) is 0 Å². The summed E-state index contributed by atoms with van der Waals surface area (Å²) in [6.07, 6.45) is 0.328. The molecular formula is C13H12F4O. The first-order chi connectivity index (χ1) is 8.34. The Balaban J connectivity index is 2.89. The SMILES string of the molecule is C#CCCCC(O)c1cc(F)cc(C(F)(F)F)c1. The van der Waals surface area contributed by atoms with Gasteiger partial charge in [-0.2, -0.15) is 13.2 Å². The summed E-state index contributed by atoms with van der Waals surface area (Å²) in [5.74, 6) is 1.34. The van der Waals surface area contributed by atoms with Crippen LogP contribution in [0.25, 0.3) is 0 Å². The Hall–Kier alpha value is -1.54. The zero-order valence-corrected chi connectivity index (χ0v) is 9.47. The third-order valence-corrected chi connectivity index (χ3v) is 2.43. The molecule has 98 valence electrons. The van der Waals surface area contributed by atoms with Crippen molar-refractivity contribution in [2.75, 3.05) is 0 Å². The molecule has 1 rings (SSSR count). The van der Waals surface area contributed by atoms with E-state index >= 15 is 0 Å². The van der Waals surface area contributed by atoms with Crippen molar-refractivity contribution < 1.29 is 22.7 Å². The first kappa shape index (κ1) is 14.5. The number of aliphatic hydroxyl groups is 1. The second-order valence-electron chi connectivity index (χ2n) is 3.88. The van der Waals surface area contributed by atoms with Crippen molar-refractivity contribution in [1.29, 1.82) is 0 Å². The molecule has 0 bridgehead atoms. The van der Waals surface area contributed by atoms with E-state index in [9.17, 15) is 22.7 Å². The molecule has 1 unspecified atom stereocenters. The lowest BCUT2D eigenvalue weighted by molar-refractivity contribution is -0.137. The summed E-state index contributed by atoms with van der Waals surface area (Å²) >= 11 is 0. The molecule has 1 aromatic rings. The molecule has 0 amide bonds. The third kappa shape index (κ3) is 4.04. The van der Waals surface area contributed by atoms with Gasteiger partial charge in [0, 0.05) is 6.42 Å². The van der Waals surface area contributed by atoms with Crippen LogP contribution < -0.4 is 0 Å². The molecule has 0 aromatic heterocycles. The molecule has 0 radical (unpaired) electrons. The zero-order valence-electron chi connectivity index (χ0n) is 9.47. The van der Waals surface area contributed by atoms with Crippen LogP contribution in [-0.4, -0.2) is 5.11 Å². The van der Waals surface area contributed by atoms with Crippen LogP contribution in [0.4, 0.5) is 17.6 Å². The molecule has 1 aromatic carbocycles. The molecule has 0 saturated heterocycles. The Morgan fingerprint density at radius 1 is 1.28 bits per heavy atom. The highest BCUT2D eigenvalue weighted by Gasteiger charge is 2.31. The summed E-state index contributed by atoms with van der Waals surface area (Å²) in [5, 5.41) is 9.66. The lowest BCUT2D eigenvalue weighted by atomic mass is 10.0. The fourth-order valence-corrected chi connectivity index (χ4v) is 1.53. The van der Waals surface area contributed by atoms with E-state index in [2.05, 4.69) is 5.92 Å². The number of hydrogen-bond acceptors (Lipinski definition) is 1. The van der Waals surface area contributed by atoms with E-state index in [0.717, 1.165) is 12.1 Å². The quantitative estimate of drug-likeness (QED) is 0.497. The van der Waals surface area contributed by atoms with Gasteiger partial charge in [-0.15, -0.1) is 12.3 Å². The fraction of sp³-hybridized carbons (Fsp3) is 0.385. The number of alkyl halides is 3. The van der Waals surface area contributed by atoms with E-state index < -0.39 is 23.7 Å². The van der Waals surface area contributed by atoms with Gasteiger partial charge in [0.05, 0.1) is 11.7 Å². The largest absolute Gasteiger partial charge is 0.416 e. The smallest absolute Gasteiger partial charge is 0.388 e. The summed E-state index contributed by atoms with van der Waals surface area (Å²) in [4.78, 5) is 0. The van der Waals surface area contributed by atoms with Gasteiger partial charge in [0.15, 0.2) is 0 Å². The number of hydrogen-bond donors (Lipinski definition) is 1. The highest BCUT2D eigenvalue weighted by Crippen LogP contribution is 2.32. The number of terminal acetylenes is 1. The van der Waals surface area contributed by atoms with Crippen molar-refractivity contribution in [3.05, 3.63) is 35.1 Å². The lowest BCUT2D eigenvalue weighted by Gasteiger charge is -2.13. The predicted molar refractivity (Wildman–Crippen MR) is 59.0 cm³/mol. The summed E-state index contributed by atoms with van der Waals surface area (Å²) in [6, 6.07) is 2.05. The summed E-state index contributed by atoms with van der Waals surface area (Å²) in [5.41, 5.74) is -1.19. The van der Waals surface area contributed by atoms with Crippen molar-refractivity contribution in [2.45, 2.75) is 31.5 Å². The van der Waals surface area contributed by atoms with Gasteiger partial charge in [0.1, 0.15) is 5.82 Å². The number of benzene rings is 1. The van der Waals surface area contributed by atoms with Crippen LogP contribution in [0.5, 0.6) is 0 Å². The molecule has 1 nitrogen and oxygen atoms in total. The molecule has 5 heteroatoms. The monoisotopic (exact) mass is 260 g/mol. The Morgan fingerprint density at radius 3 is 2.50 bits per heavy atom. The lowest BCUT2D eigenvalue weighted by Crippen LogP contribution is -2.08. The molecular weight excluding hydrogens is 248 g/mol. The Morgan fingerprint density at radius 2 is 1.94 bits per heavy atom. The average molecular weight is 260 g/mol. The number of rotatable bonds is 4. The summed E-state index contributed by atoms with van der Waals surface area (Å²) in [7, 11) is 0. The van der Waals surface area contributed by atoms with Gasteiger partial charge in [-0.25, -0.2) is 4.39 Å². The van der Waals surface area contributed by atoms with E-state index in [1.807, 2.05) is 0 Å². The predicted octanol–water partition coefficient (Wildman–Crippen LogP) is 3.68. The standard InChI is InChI=1S/C13H12F4O/c1-2-3-4-5-12(18)9-6-10(13(15,16)17)8-11(14)7-9/h1,6-8,12,18H,3-5H2. The van der Waals surface area contributed by atoms with E-state index in [0.29, 0.717) is 18.9 Å². The van der Waals surface area contributed by atoms with Crippen molar-refractivity contribution >= 4 is 0 Å². The topological polar surface area (TPSA) is 20.2 Å². The van der Waals surface area contributed by atoms with Gasteiger partial charge in [0.25, 0.3) is 0 Å². The molecule has 1 atom stereocenters. The van der Waals surface area contributed by atoms with E-state index in [-0.39, 0.29) is 12.0 Å². The van der Waals surface area contributed by atoms with Crippen LogP contribution in [-0.2, 0) is 6.18 Å². The minimum atomic E-state index is -4.63. The Kier molecular flexibility index (Phi) is 4.74. The van der Waals surface area contributed by atoms with E-state index in [1.54, 1.807) is 0 Å². The maximum atomic E-state index is 13.1. The number of unbranched alkanes of at least 4 members (excludes halogenated alkanes) is 1. The molecule has 0 heterocycles. The van der Waals surface area contributed by atoms with Crippen LogP contribution in [0.15, 0.2) is 18.2 Å². The zero-order chi connectivity index (χ0) is 13.8. The van der Waals surface area contributed by atoms with Crippen molar-refractivity contribution in [2.24, 2.45) is 0 Å². The minimum absolute atomic E-state index is 0.0839. The molecule has 18 heavy (non-hydrogen) atoms. The Labute approximate surface area is 102 Å². The van der Waals surface area contributed by atoms with Gasteiger partial charge >= 0.3 is 6.18 Å². The van der Waals surface area contributed by atoms with Crippen molar-refractivity contribution in [1.82, 2.24) is 0 Å². The number of aliphatic hydroxyl groups excluding tert-OH is 1. The molecule has 1 N–H and O–H groups in total. The molecule has 0 aliphatic rings. The fourth-order valence-electron chi connectivity index (χ4n) is 1.53. The van der Waals surface area contributed by atoms with Crippen LogP contribution in [0, 0.1) is 18.2 Å². The van der Waals surface area contributed by atoms with Crippen LogP contribution >= 0.6 is 0 Å². The Bertz CT molecular complexity index is 445. The van der Waals surface area contributed by atoms with Crippen molar-refractivity contribution in [3.8, 4) is 12.3 Å². The van der Waals surface area contributed by atoms with Gasteiger partial charge in [-0.1, -0.05) is 0 Å². The van der Waals surface area contributed by atoms with Gasteiger partial charge in [-0.3, -0.25) is 0 Å². The van der Waals surface area contributed by atoms with Gasteiger partial charge in [-0.05, 0) is 36.6 Å². The minimum Gasteiger partial charge on any atom is -0.388 e. The highest BCUT2D eigenvalue weighted by molar-refractivity contribution is 5.28. The normalized spacial score (nSPS) is 13.1. The molecule has 0 fully saturated rings. The van der Waals surface area contributed by atoms with E-state index in [1.165, 1.54) is 0 Å². The average Bonchev–Trinajstić information content (AvgIpc) is 2.27. The maximum Gasteiger partial charge on any atom is 0.416 e. The van der Waals surface area contributed by atoms with Crippen LogP contribution in [0.3, 0.4) is 0 Å². The van der Waals surface area contributed by atoms with Gasteiger partial charge < -0.3 is 5.11 Å². The molecule has 0 spiro atoms. The van der Waals surface area contributed by atoms with Crippen molar-refractivity contribution in [3.63, 3.8) is 0 Å². The molecule has 0 aliphatic heterocycles. The first-order valence-electron chi connectivity index (χ1n) is 5.34. The number of halogens is 4. The van der Waals surface area contributed by atoms with E-state index in [4.69, 9.17) is 6.42 Å². The maximum absolute atomic E-state index is 13.1. The van der Waals surface area contributed by atoms with Crippen LogP contribution in [0.1, 0.15) is 36.5 Å². The second-order valence-corrected chi connectivity index (χ2v) is 3.88. The summed E-state index contributed by atoms with van der Waals surface area (Å²) in [6.45, 7) is 0. The molecule has 0 aliphatic carbocycles.